The number of aromatic nitrogens is 2. The lowest BCUT2D eigenvalue weighted by Gasteiger charge is -2.21. The quantitative estimate of drug-likeness (QED) is 0.923. The van der Waals surface area contributed by atoms with Crippen molar-refractivity contribution < 1.29 is 14.3 Å². The van der Waals surface area contributed by atoms with Crippen LogP contribution in [0.5, 0.6) is 0 Å². The highest BCUT2D eigenvalue weighted by atomic mass is 16.5. The molecule has 0 unspecified atom stereocenters. The SMILES string of the molecule is CCc1nc2ccc(CC(=O)N3CCCN(C(=O)OC)CC3)cc2[nH]1. The summed E-state index contributed by atoms with van der Waals surface area (Å²) in [7, 11) is 1.38. The predicted octanol–water partition coefficient (Wildman–Crippen LogP) is 1.97. The molecule has 134 valence electrons. The number of imidazole rings is 1. The van der Waals surface area contributed by atoms with Gasteiger partial charge < -0.3 is 19.5 Å². The molecule has 1 aliphatic heterocycles. The van der Waals surface area contributed by atoms with Crippen molar-refractivity contribution in [2.45, 2.75) is 26.2 Å². The Morgan fingerprint density at radius 2 is 1.96 bits per heavy atom. The number of ether oxygens (including phenoxy) is 1. The van der Waals surface area contributed by atoms with Crippen LogP contribution in [0.2, 0.25) is 0 Å². The minimum atomic E-state index is -0.328. The zero-order valence-corrected chi connectivity index (χ0v) is 14.7. The maximum absolute atomic E-state index is 12.6. The number of carbonyl (C=O) groups excluding carboxylic acids is 2. The number of nitrogens with zero attached hydrogens (tertiary/aromatic N) is 3. The maximum Gasteiger partial charge on any atom is 0.409 e. The fourth-order valence-corrected chi connectivity index (χ4v) is 3.15. The van der Waals surface area contributed by atoms with Crippen LogP contribution in [-0.4, -0.2) is 65.1 Å². The smallest absolute Gasteiger partial charge is 0.409 e. The number of benzene rings is 1. The number of hydrogen-bond donors (Lipinski definition) is 1. The molecule has 1 N–H and O–H groups in total. The average molecular weight is 344 g/mol. The van der Waals surface area contributed by atoms with Gasteiger partial charge in [-0.05, 0) is 24.1 Å². The summed E-state index contributed by atoms with van der Waals surface area (Å²) >= 11 is 0. The first-order valence-corrected chi connectivity index (χ1v) is 8.69. The number of aryl methyl sites for hydroxylation is 1. The van der Waals surface area contributed by atoms with Crippen molar-refractivity contribution in [3.8, 4) is 0 Å². The van der Waals surface area contributed by atoms with Crippen molar-refractivity contribution >= 4 is 23.0 Å². The van der Waals surface area contributed by atoms with Crippen molar-refractivity contribution in [3.63, 3.8) is 0 Å². The Hall–Kier alpha value is -2.57. The molecule has 3 rings (SSSR count). The standard InChI is InChI=1S/C18H24N4O3/c1-3-16-19-14-6-5-13(11-15(14)20-16)12-17(23)21-7-4-8-22(10-9-21)18(24)25-2/h5-6,11H,3-4,7-10,12H2,1-2H3,(H,19,20). The van der Waals surface area contributed by atoms with Crippen molar-refractivity contribution in [2.24, 2.45) is 0 Å². The van der Waals surface area contributed by atoms with Crippen LogP contribution >= 0.6 is 0 Å². The minimum absolute atomic E-state index is 0.0845. The van der Waals surface area contributed by atoms with Gasteiger partial charge in [0, 0.05) is 32.6 Å². The average Bonchev–Trinajstić information content (AvgIpc) is 2.87. The fraction of sp³-hybridized carbons (Fsp3) is 0.500. The summed E-state index contributed by atoms with van der Waals surface area (Å²) in [5, 5.41) is 0. The van der Waals surface area contributed by atoms with Gasteiger partial charge >= 0.3 is 6.09 Å². The van der Waals surface area contributed by atoms with E-state index in [1.807, 2.05) is 23.1 Å². The number of carbonyl (C=O) groups is 2. The Labute approximate surface area is 147 Å². The summed E-state index contributed by atoms with van der Waals surface area (Å²) in [5.74, 6) is 1.04. The molecule has 0 radical (unpaired) electrons. The number of aromatic amines is 1. The zero-order chi connectivity index (χ0) is 17.8. The molecule has 7 heteroatoms. The fourth-order valence-electron chi connectivity index (χ4n) is 3.15. The molecule has 2 amide bonds. The Balaban J connectivity index is 1.64. The van der Waals surface area contributed by atoms with Gasteiger partial charge in [-0.2, -0.15) is 0 Å². The van der Waals surface area contributed by atoms with Gasteiger partial charge in [0.05, 0.1) is 24.6 Å². The molecule has 2 heterocycles. The van der Waals surface area contributed by atoms with Crippen molar-refractivity contribution in [1.82, 2.24) is 19.8 Å². The molecule has 2 aromatic rings. The molecular weight excluding hydrogens is 320 g/mol. The molecule has 0 bridgehead atoms. The second-order valence-corrected chi connectivity index (χ2v) is 6.26. The number of methoxy groups -OCH3 is 1. The lowest BCUT2D eigenvalue weighted by molar-refractivity contribution is -0.130. The highest BCUT2D eigenvalue weighted by Gasteiger charge is 2.22. The summed E-state index contributed by atoms with van der Waals surface area (Å²) in [6.45, 7) is 4.39. The van der Waals surface area contributed by atoms with Crippen molar-refractivity contribution in [3.05, 3.63) is 29.6 Å². The summed E-state index contributed by atoms with van der Waals surface area (Å²) in [6.07, 6.45) is 1.65. The van der Waals surface area contributed by atoms with E-state index in [1.165, 1.54) is 7.11 Å². The van der Waals surface area contributed by atoms with Crippen LogP contribution < -0.4 is 0 Å². The highest BCUT2D eigenvalue weighted by molar-refractivity contribution is 5.82. The zero-order valence-electron chi connectivity index (χ0n) is 14.7. The summed E-state index contributed by atoms with van der Waals surface area (Å²) in [4.78, 5) is 35.5. The summed E-state index contributed by atoms with van der Waals surface area (Å²) in [6, 6.07) is 5.91. The molecule has 1 saturated heterocycles. The predicted molar refractivity (Wildman–Crippen MR) is 94.4 cm³/mol. The largest absolute Gasteiger partial charge is 0.453 e. The van der Waals surface area contributed by atoms with E-state index in [4.69, 9.17) is 4.74 Å². The molecule has 0 saturated carbocycles. The molecule has 1 fully saturated rings. The second kappa shape index (κ2) is 7.55. The number of amides is 2. The summed E-state index contributed by atoms with van der Waals surface area (Å²) < 4.78 is 4.76. The van der Waals surface area contributed by atoms with Gasteiger partial charge in [0.25, 0.3) is 0 Å². The van der Waals surface area contributed by atoms with E-state index in [0.717, 1.165) is 35.3 Å². The molecule has 0 spiro atoms. The molecule has 0 atom stereocenters. The first-order valence-electron chi connectivity index (χ1n) is 8.69. The van der Waals surface area contributed by atoms with Crippen molar-refractivity contribution in [2.75, 3.05) is 33.3 Å². The van der Waals surface area contributed by atoms with Gasteiger partial charge in [0.15, 0.2) is 0 Å². The van der Waals surface area contributed by atoms with E-state index in [2.05, 4.69) is 16.9 Å². The molecule has 25 heavy (non-hydrogen) atoms. The van der Waals surface area contributed by atoms with Gasteiger partial charge in [-0.3, -0.25) is 4.79 Å². The van der Waals surface area contributed by atoms with E-state index >= 15 is 0 Å². The number of H-pyrrole nitrogens is 1. The van der Waals surface area contributed by atoms with Gasteiger partial charge in [0.2, 0.25) is 5.91 Å². The maximum atomic E-state index is 12.6. The van der Waals surface area contributed by atoms with E-state index in [1.54, 1.807) is 4.90 Å². The third-order valence-electron chi connectivity index (χ3n) is 4.57. The lowest BCUT2D eigenvalue weighted by atomic mass is 10.1. The summed E-state index contributed by atoms with van der Waals surface area (Å²) in [5.41, 5.74) is 2.87. The molecule has 0 aliphatic carbocycles. The molecule has 1 aromatic carbocycles. The Kier molecular flexibility index (Phi) is 5.21. The van der Waals surface area contributed by atoms with Gasteiger partial charge in [-0.25, -0.2) is 9.78 Å². The Morgan fingerprint density at radius 3 is 2.72 bits per heavy atom. The van der Waals surface area contributed by atoms with Gasteiger partial charge in [-0.15, -0.1) is 0 Å². The van der Waals surface area contributed by atoms with Gasteiger partial charge in [-0.1, -0.05) is 13.0 Å². The molecular formula is C18H24N4O3. The minimum Gasteiger partial charge on any atom is -0.453 e. The van der Waals surface area contributed by atoms with Crippen LogP contribution in [0.3, 0.4) is 0 Å². The van der Waals surface area contributed by atoms with Crippen LogP contribution in [0.1, 0.15) is 24.7 Å². The first-order chi connectivity index (χ1) is 12.1. The third kappa shape index (κ3) is 3.92. The monoisotopic (exact) mass is 344 g/mol. The van der Waals surface area contributed by atoms with Crippen LogP contribution in [-0.2, 0) is 22.4 Å². The number of rotatable bonds is 3. The van der Waals surface area contributed by atoms with Crippen LogP contribution in [0.4, 0.5) is 4.79 Å². The van der Waals surface area contributed by atoms with E-state index < -0.39 is 0 Å². The van der Waals surface area contributed by atoms with E-state index in [0.29, 0.717) is 32.6 Å². The highest BCUT2D eigenvalue weighted by Crippen LogP contribution is 2.16. The lowest BCUT2D eigenvalue weighted by Crippen LogP contribution is -2.37. The number of nitrogens with one attached hydrogen (secondary N) is 1. The third-order valence-corrected chi connectivity index (χ3v) is 4.57. The van der Waals surface area contributed by atoms with Crippen LogP contribution in [0, 0.1) is 0 Å². The number of hydrogen-bond acceptors (Lipinski definition) is 4. The topological polar surface area (TPSA) is 78.5 Å². The Bertz CT molecular complexity index is 771. The first kappa shape index (κ1) is 17.3. The Morgan fingerprint density at radius 1 is 1.20 bits per heavy atom. The molecule has 7 nitrogen and oxygen atoms in total. The number of fused-ring (bicyclic) bond motifs is 1. The van der Waals surface area contributed by atoms with Crippen LogP contribution in [0.15, 0.2) is 18.2 Å². The second-order valence-electron chi connectivity index (χ2n) is 6.26. The molecule has 1 aliphatic rings. The van der Waals surface area contributed by atoms with Crippen LogP contribution in [0.25, 0.3) is 11.0 Å². The van der Waals surface area contributed by atoms with E-state index in [9.17, 15) is 9.59 Å². The van der Waals surface area contributed by atoms with Gasteiger partial charge in [0.1, 0.15) is 5.82 Å². The van der Waals surface area contributed by atoms with Crippen molar-refractivity contribution in [1.29, 1.82) is 0 Å². The normalized spacial score (nSPS) is 15.3. The molecule has 1 aromatic heterocycles. The van der Waals surface area contributed by atoms with E-state index in [-0.39, 0.29) is 12.0 Å².